The van der Waals surface area contributed by atoms with Crippen LogP contribution in [0.15, 0.2) is 110 Å². The second-order valence-corrected chi connectivity index (χ2v) is 6.82. The average molecular weight is 361 g/mol. The van der Waals surface area contributed by atoms with Gasteiger partial charge in [-0.25, -0.2) is 4.98 Å². The van der Waals surface area contributed by atoms with Crippen LogP contribution in [0, 0.1) is 0 Å². The van der Waals surface area contributed by atoms with Gasteiger partial charge in [-0.15, -0.1) is 0 Å². The molecule has 2 aromatic heterocycles. The van der Waals surface area contributed by atoms with Gasteiger partial charge in [-0.2, -0.15) is 0 Å². The summed E-state index contributed by atoms with van der Waals surface area (Å²) in [6.07, 6.45) is 5.64. The molecular formula is C25H19N3. The van der Waals surface area contributed by atoms with Crippen LogP contribution in [0.5, 0.6) is 0 Å². The predicted molar refractivity (Wildman–Crippen MR) is 113 cm³/mol. The lowest BCUT2D eigenvalue weighted by Crippen LogP contribution is -2.11. The Morgan fingerprint density at radius 3 is 2.04 bits per heavy atom. The smallest absolute Gasteiger partial charge is 0.0966 e. The number of imidazole rings is 1. The van der Waals surface area contributed by atoms with Gasteiger partial charge in [-0.3, -0.25) is 4.98 Å². The summed E-state index contributed by atoms with van der Waals surface area (Å²) in [6, 6.07) is 31.7. The second kappa shape index (κ2) is 7.12. The molecule has 0 atom stereocenters. The molecule has 5 rings (SSSR count). The number of benzene rings is 3. The Hall–Kier alpha value is -3.72. The molecule has 2 heterocycles. The molecular weight excluding hydrogens is 342 g/mol. The largest absolute Gasteiger partial charge is 0.319 e. The number of nitrogens with zero attached hydrogens (tertiary/aromatic N) is 3. The third-order valence-electron chi connectivity index (χ3n) is 5.08. The Labute approximate surface area is 164 Å². The van der Waals surface area contributed by atoms with Gasteiger partial charge in [0.15, 0.2) is 0 Å². The summed E-state index contributed by atoms with van der Waals surface area (Å²) in [5, 5.41) is 0. The molecule has 28 heavy (non-hydrogen) atoms. The van der Waals surface area contributed by atoms with Crippen molar-refractivity contribution < 1.29 is 0 Å². The molecule has 0 bridgehead atoms. The summed E-state index contributed by atoms with van der Waals surface area (Å²) < 4.78 is 2.26. The summed E-state index contributed by atoms with van der Waals surface area (Å²) in [6.45, 7) is 0. The quantitative estimate of drug-likeness (QED) is 0.409. The maximum absolute atomic E-state index is 4.67. The van der Waals surface area contributed by atoms with Crippen LogP contribution in [-0.4, -0.2) is 14.5 Å². The molecule has 0 amide bonds. The Bertz CT molecular complexity index is 1160. The maximum Gasteiger partial charge on any atom is 0.0966 e. The Morgan fingerprint density at radius 1 is 0.679 bits per heavy atom. The van der Waals surface area contributed by atoms with Crippen LogP contribution in [0.2, 0.25) is 0 Å². The van der Waals surface area contributed by atoms with Crippen molar-refractivity contribution in [1.29, 1.82) is 0 Å². The van der Waals surface area contributed by atoms with Crippen LogP contribution in [-0.2, 0) is 0 Å². The number of aromatic nitrogens is 3. The minimum atomic E-state index is 0.0662. The lowest BCUT2D eigenvalue weighted by atomic mass is 9.98. The van der Waals surface area contributed by atoms with E-state index in [-0.39, 0.29) is 6.04 Å². The highest BCUT2D eigenvalue weighted by molar-refractivity contribution is 5.82. The molecule has 3 heteroatoms. The molecule has 0 fully saturated rings. The predicted octanol–water partition coefficient (Wildman–Crippen LogP) is 5.74. The molecule has 0 spiro atoms. The van der Waals surface area contributed by atoms with E-state index in [1.807, 2.05) is 18.6 Å². The maximum atomic E-state index is 4.67. The fourth-order valence-corrected chi connectivity index (χ4v) is 3.73. The molecule has 134 valence electrons. The number of fused-ring (bicyclic) bond motifs is 1. The lowest BCUT2D eigenvalue weighted by Gasteiger charge is -2.21. The molecule has 0 unspecified atom stereocenters. The first kappa shape index (κ1) is 16.5. The van der Waals surface area contributed by atoms with Gasteiger partial charge >= 0.3 is 0 Å². The van der Waals surface area contributed by atoms with Gasteiger partial charge in [0.1, 0.15) is 0 Å². The third-order valence-corrected chi connectivity index (χ3v) is 5.08. The Kier molecular flexibility index (Phi) is 4.19. The molecule has 0 saturated carbocycles. The van der Waals surface area contributed by atoms with E-state index in [1.165, 1.54) is 11.1 Å². The fourth-order valence-electron chi connectivity index (χ4n) is 3.73. The van der Waals surface area contributed by atoms with Crippen LogP contribution in [0.1, 0.15) is 17.2 Å². The zero-order chi connectivity index (χ0) is 18.8. The SMILES string of the molecule is c1ccc(C(c2ccccc2)n2cnc3ccc(-c4cccnc4)cc32)cc1. The van der Waals surface area contributed by atoms with Crippen molar-refractivity contribution in [2.45, 2.75) is 6.04 Å². The molecule has 5 aromatic rings. The molecule has 0 N–H and O–H groups in total. The van der Waals surface area contributed by atoms with Crippen LogP contribution in [0.3, 0.4) is 0 Å². The molecule has 3 nitrogen and oxygen atoms in total. The zero-order valence-corrected chi connectivity index (χ0v) is 15.3. The van der Waals surface area contributed by atoms with E-state index in [2.05, 4.69) is 99.5 Å². The molecule has 3 aromatic carbocycles. The van der Waals surface area contributed by atoms with E-state index in [0.29, 0.717) is 0 Å². The number of rotatable bonds is 4. The Balaban J connectivity index is 1.71. The molecule has 0 radical (unpaired) electrons. The second-order valence-electron chi connectivity index (χ2n) is 6.82. The monoisotopic (exact) mass is 361 g/mol. The van der Waals surface area contributed by atoms with Gasteiger partial charge in [-0.1, -0.05) is 72.8 Å². The molecule has 0 aliphatic rings. The summed E-state index contributed by atoms with van der Waals surface area (Å²) in [5.74, 6) is 0. The van der Waals surface area contributed by atoms with Crippen LogP contribution < -0.4 is 0 Å². The Morgan fingerprint density at radius 2 is 1.39 bits per heavy atom. The van der Waals surface area contributed by atoms with Crippen LogP contribution in [0.4, 0.5) is 0 Å². The minimum Gasteiger partial charge on any atom is -0.319 e. The standard InChI is InChI=1S/C25H19N3/c1-3-8-19(9-4-1)25(20-10-5-2-6-11-20)28-18-27-23-14-13-21(16-24(23)28)22-12-7-15-26-17-22/h1-18,25H. The van der Waals surface area contributed by atoms with Gasteiger partial charge < -0.3 is 4.57 Å². The lowest BCUT2D eigenvalue weighted by molar-refractivity contribution is 0.698. The molecule has 0 aliphatic heterocycles. The van der Waals surface area contributed by atoms with E-state index in [1.54, 1.807) is 6.20 Å². The molecule has 0 saturated heterocycles. The average Bonchev–Trinajstić information content (AvgIpc) is 3.19. The summed E-state index contributed by atoms with van der Waals surface area (Å²) in [5.41, 5.74) is 6.82. The van der Waals surface area contributed by atoms with E-state index >= 15 is 0 Å². The van der Waals surface area contributed by atoms with Gasteiger partial charge in [0.05, 0.1) is 23.4 Å². The summed E-state index contributed by atoms with van der Waals surface area (Å²) in [7, 11) is 0. The topological polar surface area (TPSA) is 30.7 Å². The first-order valence-electron chi connectivity index (χ1n) is 9.37. The van der Waals surface area contributed by atoms with Crippen LogP contribution in [0.25, 0.3) is 22.2 Å². The number of pyridine rings is 1. The van der Waals surface area contributed by atoms with Crippen molar-refractivity contribution in [3.8, 4) is 11.1 Å². The van der Waals surface area contributed by atoms with Crippen molar-refractivity contribution in [2.24, 2.45) is 0 Å². The van der Waals surface area contributed by atoms with Crippen LogP contribution >= 0.6 is 0 Å². The van der Waals surface area contributed by atoms with E-state index in [4.69, 9.17) is 0 Å². The van der Waals surface area contributed by atoms with Crippen molar-refractivity contribution >= 4 is 11.0 Å². The normalized spacial score (nSPS) is 11.2. The third kappa shape index (κ3) is 2.97. The highest BCUT2D eigenvalue weighted by Crippen LogP contribution is 2.31. The zero-order valence-electron chi connectivity index (χ0n) is 15.3. The first-order valence-corrected chi connectivity index (χ1v) is 9.37. The van der Waals surface area contributed by atoms with Gasteiger partial charge in [0, 0.05) is 18.0 Å². The van der Waals surface area contributed by atoms with Crippen molar-refractivity contribution in [2.75, 3.05) is 0 Å². The van der Waals surface area contributed by atoms with Crippen molar-refractivity contribution in [3.05, 3.63) is 121 Å². The molecule has 0 aliphatic carbocycles. The van der Waals surface area contributed by atoms with Gasteiger partial charge in [0.25, 0.3) is 0 Å². The van der Waals surface area contributed by atoms with E-state index < -0.39 is 0 Å². The van der Waals surface area contributed by atoms with Gasteiger partial charge in [0.2, 0.25) is 0 Å². The van der Waals surface area contributed by atoms with Crippen molar-refractivity contribution in [3.63, 3.8) is 0 Å². The summed E-state index contributed by atoms with van der Waals surface area (Å²) >= 11 is 0. The summed E-state index contributed by atoms with van der Waals surface area (Å²) in [4.78, 5) is 8.93. The highest BCUT2D eigenvalue weighted by Gasteiger charge is 2.18. The highest BCUT2D eigenvalue weighted by atomic mass is 15.1. The first-order chi connectivity index (χ1) is 13.9. The van der Waals surface area contributed by atoms with Gasteiger partial charge in [-0.05, 0) is 34.9 Å². The van der Waals surface area contributed by atoms with E-state index in [0.717, 1.165) is 22.2 Å². The fraction of sp³-hybridized carbons (Fsp3) is 0.0400. The van der Waals surface area contributed by atoms with Crippen molar-refractivity contribution in [1.82, 2.24) is 14.5 Å². The number of hydrogen-bond acceptors (Lipinski definition) is 2. The minimum absolute atomic E-state index is 0.0662. The van der Waals surface area contributed by atoms with E-state index in [9.17, 15) is 0 Å². The number of hydrogen-bond donors (Lipinski definition) is 0.